The number of fused-ring (bicyclic) bond motifs is 1. The second kappa shape index (κ2) is 9.16. The van der Waals surface area contributed by atoms with Gasteiger partial charge in [0.05, 0.1) is 6.61 Å². The van der Waals surface area contributed by atoms with Gasteiger partial charge in [-0.25, -0.2) is 0 Å². The summed E-state index contributed by atoms with van der Waals surface area (Å²) in [6, 6.07) is 2.09. The van der Waals surface area contributed by atoms with E-state index in [2.05, 4.69) is 44.8 Å². The van der Waals surface area contributed by atoms with Gasteiger partial charge in [-0.2, -0.15) is 19.6 Å². The van der Waals surface area contributed by atoms with Crippen LogP contribution in [-0.4, -0.2) is 57.5 Å². The molecule has 3 rings (SSSR count). The molecule has 0 bridgehead atoms. The van der Waals surface area contributed by atoms with E-state index in [1.54, 1.807) is 10.8 Å². The molecule has 0 saturated heterocycles. The predicted molar refractivity (Wildman–Crippen MR) is 105 cm³/mol. The summed E-state index contributed by atoms with van der Waals surface area (Å²) in [6.45, 7) is 7.72. The third kappa shape index (κ3) is 4.26. The van der Waals surface area contributed by atoms with Gasteiger partial charge in [-0.15, -0.1) is 0 Å². The first-order chi connectivity index (χ1) is 12.8. The Balaban J connectivity index is 1.86. The van der Waals surface area contributed by atoms with E-state index in [0.29, 0.717) is 12.3 Å². The number of hydrogen-bond acceptors (Lipinski definition) is 6. The monoisotopic (exact) mass is 360 g/mol. The van der Waals surface area contributed by atoms with Gasteiger partial charge < -0.3 is 14.9 Å². The van der Waals surface area contributed by atoms with Gasteiger partial charge in [-0.05, 0) is 26.2 Å². The zero-order valence-corrected chi connectivity index (χ0v) is 16.1. The van der Waals surface area contributed by atoms with Crippen LogP contribution < -0.4 is 9.80 Å². The molecule has 0 aliphatic heterocycles. The average molecular weight is 361 g/mol. The number of aliphatic hydroxyl groups is 1. The molecule has 0 atom stereocenters. The van der Waals surface area contributed by atoms with Gasteiger partial charge in [0.15, 0.2) is 0 Å². The molecule has 7 nitrogen and oxygen atoms in total. The van der Waals surface area contributed by atoms with Crippen molar-refractivity contribution in [2.75, 3.05) is 42.6 Å². The van der Waals surface area contributed by atoms with E-state index < -0.39 is 0 Å². The first kappa shape index (κ1) is 18.9. The number of aliphatic hydroxyl groups excluding tert-OH is 1. The Bertz CT molecular complexity index is 678. The maximum absolute atomic E-state index is 9.62. The minimum atomic E-state index is 0.129. The van der Waals surface area contributed by atoms with Gasteiger partial charge in [0, 0.05) is 32.2 Å². The minimum Gasteiger partial charge on any atom is -0.395 e. The zero-order chi connectivity index (χ0) is 18.4. The molecule has 0 spiro atoms. The second-order valence-corrected chi connectivity index (χ2v) is 7.12. The van der Waals surface area contributed by atoms with Crippen molar-refractivity contribution >= 4 is 17.4 Å². The lowest BCUT2D eigenvalue weighted by Crippen LogP contribution is -2.32. The molecular weight excluding hydrogens is 328 g/mol. The maximum atomic E-state index is 9.62. The maximum Gasteiger partial charge on any atom is 0.256 e. The second-order valence-electron chi connectivity index (χ2n) is 7.12. The molecule has 1 saturated carbocycles. The van der Waals surface area contributed by atoms with Crippen LogP contribution in [0.5, 0.6) is 0 Å². The van der Waals surface area contributed by atoms with E-state index in [0.717, 1.165) is 37.2 Å². The molecule has 26 heavy (non-hydrogen) atoms. The summed E-state index contributed by atoms with van der Waals surface area (Å²) in [7, 11) is 0. The van der Waals surface area contributed by atoms with Crippen molar-refractivity contribution in [1.29, 1.82) is 0 Å². The molecule has 144 valence electrons. The highest BCUT2D eigenvalue weighted by Crippen LogP contribution is 2.28. The largest absolute Gasteiger partial charge is 0.395 e. The van der Waals surface area contributed by atoms with Crippen molar-refractivity contribution in [2.24, 2.45) is 5.92 Å². The van der Waals surface area contributed by atoms with Crippen molar-refractivity contribution in [3.8, 4) is 0 Å². The Kier molecular flexibility index (Phi) is 6.66. The molecule has 0 radical (unpaired) electrons. The quantitative estimate of drug-likeness (QED) is 0.741. The molecule has 0 amide bonds. The standard InChI is InChI=1S/C19H32N6O/c1-3-23(4-2)17-14-18(25-19(22-17)20-15-21-25)24(12-13-26)11-10-16-8-6-5-7-9-16/h14-16,26H,3-13H2,1-2H3. The lowest BCUT2D eigenvalue weighted by molar-refractivity contribution is 0.295. The number of anilines is 2. The molecule has 0 aromatic carbocycles. The zero-order valence-electron chi connectivity index (χ0n) is 16.1. The molecule has 1 N–H and O–H groups in total. The van der Waals surface area contributed by atoms with Crippen molar-refractivity contribution < 1.29 is 5.11 Å². The molecule has 1 aliphatic carbocycles. The van der Waals surface area contributed by atoms with Crippen LogP contribution >= 0.6 is 0 Å². The fraction of sp³-hybridized carbons (Fsp3) is 0.737. The predicted octanol–water partition coefficient (Wildman–Crippen LogP) is 2.74. The van der Waals surface area contributed by atoms with Crippen molar-refractivity contribution in [1.82, 2.24) is 19.6 Å². The van der Waals surface area contributed by atoms with Gasteiger partial charge in [-0.1, -0.05) is 32.1 Å². The van der Waals surface area contributed by atoms with Gasteiger partial charge in [-0.3, -0.25) is 0 Å². The number of nitrogens with zero attached hydrogens (tertiary/aromatic N) is 6. The highest BCUT2D eigenvalue weighted by atomic mass is 16.3. The van der Waals surface area contributed by atoms with Crippen LogP contribution in [0.4, 0.5) is 11.6 Å². The Morgan fingerprint density at radius 1 is 1.12 bits per heavy atom. The molecule has 2 aromatic heterocycles. The topological polar surface area (TPSA) is 69.8 Å². The summed E-state index contributed by atoms with van der Waals surface area (Å²) >= 11 is 0. The first-order valence-corrected chi connectivity index (χ1v) is 10.1. The molecule has 7 heteroatoms. The van der Waals surface area contributed by atoms with E-state index >= 15 is 0 Å². The highest BCUT2D eigenvalue weighted by Gasteiger charge is 2.19. The Labute approximate surface area is 156 Å². The molecule has 0 unspecified atom stereocenters. The fourth-order valence-electron chi connectivity index (χ4n) is 4.00. The van der Waals surface area contributed by atoms with Crippen molar-refractivity contribution in [3.05, 3.63) is 12.4 Å². The van der Waals surface area contributed by atoms with E-state index in [1.165, 1.54) is 38.5 Å². The van der Waals surface area contributed by atoms with Crippen molar-refractivity contribution in [2.45, 2.75) is 52.4 Å². The smallest absolute Gasteiger partial charge is 0.256 e. The lowest BCUT2D eigenvalue weighted by atomic mass is 9.87. The third-order valence-corrected chi connectivity index (χ3v) is 5.53. The molecule has 1 fully saturated rings. The van der Waals surface area contributed by atoms with Crippen LogP contribution in [0.2, 0.25) is 0 Å². The molecule has 2 heterocycles. The number of hydrogen-bond donors (Lipinski definition) is 1. The Morgan fingerprint density at radius 3 is 2.58 bits per heavy atom. The van der Waals surface area contributed by atoms with Gasteiger partial charge >= 0.3 is 0 Å². The molecule has 2 aromatic rings. The minimum absolute atomic E-state index is 0.129. The van der Waals surface area contributed by atoms with E-state index in [4.69, 9.17) is 0 Å². The van der Waals surface area contributed by atoms with Crippen LogP contribution in [0.1, 0.15) is 52.4 Å². The SMILES string of the molecule is CCN(CC)c1cc(N(CCO)CCC2CCCCC2)n2ncnc2n1. The molecular formula is C19H32N6O. The van der Waals surface area contributed by atoms with Gasteiger partial charge in [0.2, 0.25) is 0 Å². The fourth-order valence-corrected chi connectivity index (χ4v) is 4.00. The lowest BCUT2D eigenvalue weighted by Gasteiger charge is -2.29. The van der Waals surface area contributed by atoms with Crippen LogP contribution in [0, 0.1) is 5.92 Å². The van der Waals surface area contributed by atoms with Gasteiger partial charge in [0.1, 0.15) is 18.0 Å². The average Bonchev–Trinajstić information content (AvgIpc) is 3.15. The normalized spacial score (nSPS) is 15.5. The van der Waals surface area contributed by atoms with Crippen LogP contribution in [0.25, 0.3) is 5.78 Å². The van der Waals surface area contributed by atoms with Crippen LogP contribution in [-0.2, 0) is 0 Å². The summed E-state index contributed by atoms with van der Waals surface area (Å²) in [5, 5.41) is 14.0. The summed E-state index contributed by atoms with van der Waals surface area (Å²) in [5.74, 6) is 3.32. The third-order valence-electron chi connectivity index (χ3n) is 5.53. The first-order valence-electron chi connectivity index (χ1n) is 10.1. The van der Waals surface area contributed by atoms with Crippen molar-refractivity contribution in [3.63, 3.8) is 0 Å². The van der Waals surface area contributed by atoms with E-state index in [1.807, 2.05) is 0 Å². The van der Waals surface area contributed by atoms with E-state index in [9.17, 15) is 5.11 Å². The van der Waals surface area contributed by atoms with Gasteiger partial charge in [0.25, 0.3) is 5.78 Å². The van der Waals surface area contributed by atoms with Crippen LogP contribution in [0.15, 0.2) is 12.4 Å². The summed E-state index contributed by atoms with van der Waals surface area (Å²) in [4.78, 5) is 13.4. The molecule has 1 aliphatic rings. The number of aromatic nitrogens is 4. The highest BCUT2D eigenvalue weighted by molar-refractivity contribution is 5.56. The Morgan fingerprint density at radius 2 is 1.88 bits per heavy atom. The number of rotatable bonds is 9. The summed E-state index contributed by atoms with van der Waals surface area (Å²) in [6.07, 6.45) is 9.50. The summed E-state index contributed by atoms with van der Waals surface area (Å²) < 4.78 is 1.80. The Hall–Kier alpha value is -1.89. The summed E-state index contributed by atoms with van der Waals surface area (Å²) in [5.41, 5.74) is 0. The van der Waals surface area contributed by atoms with E-state index in [-0.39, 0.29) is 6.61 Å². The van der Waals surface area contributed by atoms with Crippen LogP contribution in [0.3, 0.4) is 0 Å².